The molecule has 0 aliphatic heterocycles. The molecule has 16 heavy (non-hydrogen) atoms. The van der Waals surface area contributed by atoms with E-state index in [1.54, 1.807) is 0 Å². The van der Waals surface area contributed by atoms with Crippen LogP contribution in [-0.4, -0.2) is 26.8 Å². The van der Waals surface area contributed by atoms with E-state index in [2.05, 4.69) is 5.32 Å². The summed E-state index contributed by atoms with van der Waals surface area (Å²) in [5, 5.41) is 3.18. The highest BCUT2D eigenvalue weighted by molar-refractivity contribution is 4.64. The minimum absolute atomic E-state index is 0.873. The van der Waals surface area contributed by atoms with Crippen molar-refractivity contribution in [1.82, 2.24) is 5.32 Å². The van der Waals surface area contributed by atoms with Crippen LogP contribution in [0, 0.1) is 5.92 Å². The second-order valence-corrected chi connectivity index (χ2v) is 5.10. The van der Waals surface area contributed by atoms with Crippen LogP contribution in [0.5, 0.6) is 0 Å². The summed E-state index contributed by atoms with van der Waals surface area (Å²) < 4.78 is 5.76. The lowest BCUT2D eigenvalue weighted by Gasteiger charge is -2.21. The second-order valence-electron chi connectivity index (χ2n) is 5.10. The van der Waals surface area contributed by atoms with Crippen molar-refractivity contribution >= 4 is 0 Å². The smallest absolute Gasteiger partial charge is 0.0494 e. The Morgan fingerprint density at radius 3 is 2.50 bits per heavy atom. The molecule has 96 valence electrons. The van der Waals surface area contributed by atoms with Crippen LogP contribution < -0.4 is 5.32 Å². The van der Waals surface area contributed by atoms with Crippen LogP contribution in [0.15, 0.2) is 0 Å². The molecule has 0 heterocycles. The van der Waals surface area contributed by atoms with Crippen molar-refractivity contribution in [1.29, 1.82) is 0 Å². The fourth-order valence-electron chi connectivity index (χ4n) is 2.46. The average Bonchev–Trinajstić information content (AvgIpc) is 2.34. The van der Waals surface area contributed by atoms with Crippen LogP contribution in [0.2, 0.25) is 0 Å². The first-order valence-corrected chi connectivity index (χ1v) is 7.16. The zero-order valence-electron chi connectivity index (χ0n) is 11.0. The fraction of sp³-hybridized carbons (Fsp3) is 1.00. The molecule has 0 spiro atoms. The monoisotopic (exact) mass is 227 g/mol. The largest absolute Gasteiger partial charge is 0.381 e. The Bertz CT molecular complexity index is 144. The minimum Gasteiger partial charge on any atom is -0.381 e. The molecular formula is C14H29NO. The van der Waals surface area contributed by atoms with Crippen LogP contribution >= 0.6 is 0 Å². The second kappa shape index (κ2) is 10.1. The lowest BCUT2D eigenvalue weighted by Crippen LogP contribution is -2.13. The first kappa shape index (κ1) is 14.0. The molecule has 1 N–H and O–H groups in total. The highest BCUT2D eigenvalue weighted by atomic mass is 16.5. The predicted octanol–water partition coefficient (Wildman–Crippen LogP) is 3.36. The van der Waals surface area contributed by atoms with E-state index in [0.717, 1.165) is 25.7 Å². The summed E-state index contributed by atoms with van der Waals surface area (Å²) in [7, 11) is 2.02. The number of nitrogens with one attached hydrogen (secondary N) is 1. The first-order valence-electron chi connectivity index (χ1n) is 7.16. The maximum Gasteiger partial charge on any atom is 0.0494 e. The van der Waals surface area contributed by atoms with Crippen LogP contribution in [0.4, 0.5) is 0 Å². The van der Waals surface area contributed by atoms with Crippen LogP contribution in [-0.2, 0) is 4.74 Å². The maximum atomic E-state index is 5.76. The van der Waals surface area contributed by atoms with Crippen molar-refractivity contribution in [2.45, 2.75) is 57.8 Å². The van der Waals surface area contributed by atoms with Gasteiger partial charge in [0.25, 0.3) is 0 Å². The molecule has 1 aliphatic rings. The Labute approximate surface area is 101 Å². The van der Waals surface area contributed by atoms with Crippen molar-refractivity contribution in [3.8, 4) is 0 Å². The molecule has 0 aromatic rings. The molecule has 0 saturated heterocycles. The molecular weight excluding hydrogens is 198 g/mol. The zero-order chi connectivity index (χ0) is 11.5. The van der Waals surface area contributed by atoms with Gasteiger partial charge in [-0.2, -0.15) is 0 Å². The van der Waals surface area contributed by atoms with Crippen molar-refractivity contribution in [3.05, 3.63) is 0 Å². The van der Waals surface area contributed by atoms with Gasteiger partial charge in [-0.3, -0.25) is 0 Å². The molecule has 2 heteroatoms. The van der Waals surface area contributed by atoms with Crippen molar-refractivity contribution in [2.24, 2.45) is 5.92 Å². The third-order valence-electron chi connectivity index (χ3n) is 3.54. The van der Waals surface area contributed by atoms with Crippen LogP contribution in [0.3, 0.4) is 0 Å². The lowest BCUT2D eigenvalue weighted by molar-refractivity contribution is 0.0824. The van der Waals surface area contributed by atoms with Gasteiger partial charge in [0.1, 0.15) is 0 Å². The number of unbranched alkanes of at least 4 members (excludes halogenated alkanes) is 3. The van der Waals surface area contributed by atoms with E-state index in [9.17, 15) is 0 Å². The molecule has 0 aromatic heterocycles. The quantitative estimate of drug-likeness (QED) is 0.610. The van der Waals surface area contributed by atoms with Crippen molar-refractivity contribution < 1.29 is 4.74 Å². The van der Waals surface area contributed by atoms with Gasteiger partial charge in [0.2, 0.25) is 0 Å². The first-order chi connectivity index (χ1) is 7.93. The molecule has 0 bridgehead atoms. The van der Waals surface area contributed by atoms with E-state index in [-0.39, 0.29) is 0 Å². The third kappa shape index (κ3) is 7.24. The van der Waals surface area contributed by atoms with Gasteiger partial charge in [0.05, 0.1) is 0 Å². The van der Waals surface area contributed by atoms with Crippen molar-refractivity contribution in [3.63, 3.8) is 0 Å². The van der Waals surface area contributed by atoms with E-state index < -0.39 is 0 Å². The molecule has 1 aliphatic carbocycles. The van der Waals surface area contributed by atoms with E-state index in [1.165, 1.54) is 57.8 Å². The summed E-state index contributed by atoms with van der Waals surface area (Å²) in [6, 6.07) is 0. The molecule has 0 radical (unpaired) electrons. The maximum absolute atomic E-state index is 5.76. The van der Waals surface area contributed by atoms with Crippen molar-refractivity contribution in [2.75, 3.05) is 26.8 Å². The van der Waals surface area contributed by atoms with Gasteiger partial charge in [-0.1, -0.05) is 32.1 Å². The summed E-state index contributed by atoms with van der Waals surface area (Å²) in [4.78, 5) is 0. The summed E-state index contributed by atoms with van der Waals surface area (Å²) in [5.74, 6) is 0.873. The van der Waals surface area contributed by atoms with Gasteiger partial charge in [-0.15, -0.1) is 0 Å². The minimum atomic E-state index is 0.873. The molecule has 1 saturated carbocycles. The molecule has 0 amide bonds. The van der Waals surface area contributed by atoms with Gasteiger partial charge in [0, 0.05) is 13.2 Å². The predicted molar refractivity (Wildman–Crippen MR) is 69.8 cm³/mol. The standard InChI is InChI=1S/C14H29NO/c1-15-11-7-2-3-8-12-16-13-14-9-5-4-6-10-14/h14-15H,2-13H2,1H3. The normalized spacial score (nSPS) is 17.8. The molecule has 1 rings (SSSR count). The average molecular weight is 227 g/mol. The number of hydrogen-bond acceptors (Lipinski definition) is 2. The number of hydrogen-bond donors (Lipinski definition) is 1. The Morgan fingerprint density at radius 2 is 1.75 bits per heavy atom. The van der Waals surface area contributed by atoms with Gasteiger partial charge < -0.3 is 10.1 Å². The molecule has 0 unspecified atom stereocenters. The van der Waals surface area contributed by atoms with E-state index in [4.69, 9.17) is 4.74 Å². The van der Waals surface area contributed by atoms with Gasteiger partial charge in [0.15, 0.2) is 0 Å². The highest BCUT2D eigenvalue weighted by Gasteiger charge is 2.12. The van der Waals surface area contributed by atoms with Gasteiger partial charge in [-0.05, 0) is 45.2 Å². The van der Waals surface area contributed by atoms with E-state index in [1.807, 2.05) is 7.05 Å². The summed E-state index contributed by atoms with van der Waals surface area (Å²) >= 11 is 0. The molecule has 0 atom stereocenters. The van der Waals surface area contributed by atoms with E-state index in [0.29, 0.717) is 0 Å². The van der Waals surface area contributed by atoms with E-state index >= 15 is 0 Å². The molecule has 0 aromatic carbocycles. The van der Waals surface area contributed by atoms with Crippen LogP contribution in [0.25, 0.3) is 0 Å². The SMILES string of the molecule is CNCCCCCCOCC1CCCCC1. The zero-order valence-corrected chi connectivity index (χ0v) is 11.0. The third-order valence-corrected chi connectivity index (χ3v) is 3.54. The summed E-state index contributed by atoms with van der Waals surface area (Å²) in [5.41, 5.74) is 0. The Kier molecular flexibility index (Phi) is 8.83. The van der Waals surface area contributed by atoms with Gasteiger partial charge in [-0.25, -0.2) is 0 Å². The van der Waals surface area contributed by atoms with Gasteiger partial charge >= 0.3 is 0 Å². The topological polar surface area (TPSA) is 21.3 Å². The highest BCUT2D eigenvalue weighted by Crippen LogP contribution is 2.23. The summed E-state index contributed by atoms with van der Waals surface area (Å²) in [6.45, 7) is 3.16. The number of rotatable bonds is 9. The number of ether oxygens (including phenoxy) is 1. The molecule has 1 fully saturated rings. The fourth-order valence-corrected chi connectivity index (χ4v) is 2.46. The van der Waals surface area contributed by atoms with Crippen LogP contribution in [0.1, 0.15) is 57.8 Å². The summed E-state index contributed by atoms with van der Waals surface area (Å²) in [6.07, 6.45) is 12.3. The lowest BCUT2D eigenvalue weighted by atomic mass is 9.90. The Balaban J connectivity index is 1.77. The Morgan fingerprint density at radius 1 is 1.00 bits per heavy atom. The Hall–Kier alpha value is -0.0800. The molecule has 2 nitrogen and oxygen atoms in total.